The van der Waals surface area contributed by atoms with Gasteiger partial charge in [-0.15, -0.1) is 0 Å². The molecule has 0 aliphatic carbocycles. The van der Waals surface area contributed by atoms with Crippen LogP contribution in [-0.2, 0) is 6.54 Å². The highest BCUT2D eigenvalue weighted by Gasteiger charge is 2.20. The Morgan fingerprint density at radius 1 is 1.26 bits per heavy atom. The fourth-order valence-corrected chi connectivity index (χ4v) is 2.95. The SMILES string of the molecule is CCCn1ncc(Br)c1C(NC)c1ccc(Br)cc1. The number of aromatic nitrogens is 2. The molecule has 0 saturated carbocycles. The summed E-state index contributed by atoms with van der Waals surface area (Å²) in [5.41, 5.74) is 2.40. The van der Waals surface area contributed by atoms with E-state index in [1.54, 1.807) is 0 Å². The lowest BCUT2D eigenvalue weighted by molar-refractivity contribution is 0.533. The molecule has 2 aromatic rings. The van der Waals surface area contributed by atoms with Gasteiger partial charge in [-0.3, -0.25) is 4.68 Å². The van der Waals surface area contributed by atoms with Gasteiger partial charge in [0.25, 0.3) is 0 Å². The van der Waals surface area contributed by atoms with Crippen LogP contribution < -0.4 is 5.32 Å². The molecule has 0 aliphatic heterocycles. The van der Waals surface area contributed by atoms with Crippen LogP contribution in [0.1, 0.15) is 30.6 Å². The first-order valence-electron chi connectivity index (χ1n) is 6.31. The van der Waals surface area contributed by atoms with Crippen molar-refractivity contribution in [2.75, 3.05) is 7.05 Å². The van der Waals surface area contributed by atoms with E-state index in [1.165, 1.54) is 11.3 Å². The predicted octanol–water partition coefficient (Wildman–Crippen LogP) is 4.13. The molecule has 0 radical (unpaired) electrons. The van der Waals surface area contributed by atoms with E-state index in [0.29, 0.717) is 0 Å². The summed E-state index contributed by atoms with van der Waals surface area (Å²) in [6.45, 7) is 3.09. The Balaban J connectivity index is 2.41. The van der Waals surface area contributed by atoms with Crippen LogP contribution in [-0.4, -0.2) is 16.8 Å². The fraction of sp³-hybridized carbons (Fsp3) is 0.357. The number of nitrogens with zero attached hydrogens (tertiary/aromatic N) is 2. The molecule has 0 aliphatic rings. The molecule has 1 N–H and O–H groups in total. The second kappa shape index (κ2) is 6.68. The fourth-order valence-electron chi connectivity index (χ4n) is 2.17. The van der Waals surface area contributed by atoms with Gasteiger partial charge in [0.2, 0.25) is 0 Å². The minimum absolute atomic E-state index is 0.136. The summed E-state index contributed by atoms with van der Waals surface area (Å²) < 4.78 is 4.20. The van der Waals surface area contributed by atoms with E-state index >= 15 is 0 Å². The Kier molecular flexibility index (Phi) is 5.19. The van der Waals surface area contributed by atoms with E-state index in [4.69, 9.17) is 0 Å². The van der Waals surface area contributed by atoms with Crippen molar-refractivity contribution >= 4 is 31.9 Å². The average molecular weight is 387 g/mol. The van der Waals surface area contributed by atoms with E-state index in [9.17, 15) is 0 Å². The van der Waals surface area contributed by atoms with Gasteiger partial charge in [0.05, 0.1) is 22.4 Å². The van der Waals surface area contributed by atoms with Crippen LogP contribution in [0.5, 0.6) is 0 Å². The highest BCUT2D eigenvalue weighted by atomic mass is 79.9. The van der Waals surface area contributed by atoms with Crippen LogP contribution in [0.2, 0.25) is 0 Å². The van der Waals surface area contributed by atoms with E-state index in [1.807, 2.05) is 13.2 Å². The quantitative estimate of drug-likeness (QED) is 0.837. The maximum absolute atomic E-state index is 4.44. The molecule has 0 fully saturated rings. The molecule has 0 amide bonds. The van der Waals surface area contributed by atoms with Gasteiger partial charge in [0, 0.05) is 11.0 Å². The Morgan fingerprint density at radius 3 is 2.53 bits per heavy atom. The molecule has 2 rings (SSSR count). The molecule has 0 saturated heterocycles. The summed E-state index contributed by atoms with van der Waals surface area (Å²) in [6.07, 6.45) is 2.94. The van der Waals surface area contributed by atoms with Gasteiger partial charge in [-0.1, -0.05) is 35.0 Å². The third kappa shape index (κ3) is 3.27. The van der Waals surface area contributed by atoms with Crippen LogP contribution in [0.25, 0.3) is 0 Å². The van der Waals surface area contributed by atoms with Crippen molar-refractivity contribution in [3.8, 4) is 0 Å². The maximum atomic E-state index is 4.44. The monoisotopic (exact) mass is 385 g/mol. The van der Waals surface area contributed by atoms with Crippen molar-refractivity contribution < 1.29 is 0 Å². The van der Waals surface area contributed by atoms with Gasteiger partial charge in [0.15, 0.2) is 0 Å². The molecule has 102 valence electrons. The van der Waals surface area contributed by atoms with Crippen molar-refractivity contribution in [1.29, 1.82) is 0 Å². The zero-order chi connectivity index (χ0) is 13.8. The number of nitrogens with one attached hydrogen (secondary N) is 1. The number of rotatable bonds is 5. The number of halogens is 2. The van der Waals surface area contributed by atoms with Crippen LogP contribution in [0, 0.1) is 0 Å². The summed E-state index contributed by atoms with van der Waals surface area (Å²) in [7, 11) is 1.97. The lowest BCUT2D eigenvalue weighted by Gasteiger charge is -2.19. The predicted molar refractivity (Wildman–Crippen MR) is 85.3 cm³/mol. The first kappa shape index (κ1) is 14.8. The van der Waals surface area contributed by atoms with E-state index in [2.05, 4.69) is 78.1 Å². The maximum Gasteiger partial charge on any atom is 0.0757 e. The van der Waals surface area contributed by atoms with E-state index in [0.717, 1.165) is 21.9 Å². The topological polar surface area (TPSA) is 29.9 Å². The first-order chi connectivity index (χ1) is 9.17. The summed E-state index contributed by atoms with van der Waals surface area (Å²) in [5, 5.41) is 7.81. The normalized spacial score (nSPS) is 12.6. The summed E-state index contributed by atoms with van der Waals surface area (Å²) in [6, 6.07) is 8.51. The highest BCUT2D eigenvalue weighted by molar-refractivity contribution is 9.10. The van der Waals surface area contributed by atoms with Crippen LogP contribution >= 0.6 is 31.9 Å². The lowest BCUT2D eigenvalue weighted by Crippen LogP contribution is -2.22. The minimum Gasteiger partial charge on any atom is -0.308 e. The Hall–Kier alpha value is -0.650. The largest absolute Gasteiger partial charge is 0.308 e. The van der Waals surface area contributed by atoms with E-state index in [-0.39, 0.29) is 6.04 Å². The van der Waals surface area contributed by atoms with Gasteiger partial charge in [-0.2, -0.15) is 5.10 Å². The highest BCUT2D eigenvalue weighted by Crippen LogP contribution is 2.29. The van der Waals surface area contributed by atoms with Crippen molar-refractivity contribution in [1.82, 2.24) is 15.1 Å². The molecule has 0 spiro atoms. The second-order valence-electron chi connectivity index (χ2n) is 4.37. The van der Waals surface area contributed by atoms with Crippen molar-refractivity contribution in [3.63, 3.8) is 0 Å². The molecule has 1 aromatic heterocycles. The van der Waals surface area contributed by atoms with E-state index < -0.39 is 0 Å². The second-order valence-corrected chi connectivity index (χ2v) is 6.14. The third-order valence-corrected chi connectivity index (χ3v) is 4.17. The summed E-state index contributed by atoms with van der Waals surface area (Å²) in [4.78, 5) is 0. The lowest BCUT2D eigenvalue weighted by atomic mass is 10.0. The van der Waals surface area contributed by atoms with Crippen molar-refractivity contribution in [3.05, 3.63) is 50.7 Å². The number of hydrogen-bond donors (Lipinski definition) is 1. The van der Waals surface area contributed by atoms with Gasteiger partial charge in [-0.05, 0) is 47.1 Å². The van der Waals surface area contributed by atoms with Crippen LogP contribution in [0.3, 0.4) is 0 Å². The molecular weight excluding hydrogens is 370 g/mol. The van der Waals surface area contributed by atoms with Gasteiger partial charge < -0.3 is 5.32 Å². The molecule has 19 heavy (non-hydrogen) atoms. The Bertz CT molecular complexity index is 534. The van der Waals surface area contributed by atoms with Crippen LogP contribution in [0.4, 0.5) is 0 Å². The smallest absolute Gasteiger partial charge is 0.0757 e. The van der Waals surface area contributed by atoms with Crippen molar-refractivity contribution in [2.24, 2.45) is 0 Å². The molecule has 1 aromatic carbocycles. The van der Waals surface area contributed by atoms with Crippen LogP contribution in [0.15, 0.2) is 39.4 Å². The average Bonchev–Trinajstić information content (AvgIpc) is 2.76. The molecule has 0 bridgehead atoms. The molecule has 1 unspecified atom stereocenters. The molecule has 3 nitrogen and oxygen atoms in total. The zero-order valence-electron chi connectivity index (χ0n) is 11.0. The Morgan fingerprint density at radius 2 is 1.95 bits per heavy atom. The standard InChI is InChI=1S/C14H17Br2N3/c1-3-8-19-14(12(16)9-18-19)13(17-2)10-4-6-11(15)7-5-10/h4-7,9,13,17H,3,8H2,1-2H3. The van der Waals surface area contributed by atoms with Crippen molar-refractivity contribution in [2.45, 2.75) is 25.9 Å². The molecular formula is C14H17Br2N3. The summed E-state index contributed by atoms with van der Waals surface area (Å²) >= 11 is 7.08. The Labute approximate surface area is 130 Å². The molecule has 1 heterocycles. The van der Waals surface area contributed by atoms with Gasteiger partial charge in [-0.25, -0.2) is 0 Å². The minimum atomic E-state index is 0.136. The third-order valence-electron chi connectivity index (χ3n) is 3.03. The zero-order valence-corrected chi connectivity index (χ0v) is 14.2. The summed E-state index contributed by atoms with van der Waals surface area (Å²) in [5.74, 6) is 0. The molecule has 1 atom stereocenters. The van der Waals surface area contributed by atoms with Gasteiger partial charge >= 0.3 is 0 Å². The molecule has 5 heteroatoms. The van der Waals surface area contributed by atoms with Gasteiger partial charge in [0.1, 0.15) is 0 Å². The number of benzene rings is 1. The first-order valence-corrected chi connectivity index (χ1v) is 7.90. The number of aryl methyl sites for hydroxylation is 1. The number of hydrogen-bond acceptors (Lipinski definition) is 2.